The van der Waals surface area contributed by atoms with Gasteiger partial charge in [-0.1, -0.05) is 30.3 Å². The summed E-state index contributed by atoms with van der Waals surface area (Å²) in [4.78, 5) is 26.7. The summed E-state index contributed by atoms with van der Waals surface area (Å²) in [7, 11) is 3.30. The highest BCUT2D eigenvalue weighted by molar-refractivity contribution is 5.84. The quantitative estimate of drug-likeness (QED) is 0.880. The van der Waals surface area contributed by atoms with E-state index < -0.39 is 5.92 Å². The van der Waals surface area contributed by atoms with Gasteiger partial charge in [0.15, 0.2) is 0 Å². The Labute approximate surface area is 158 Å². The molecule has 1 saturated heterocycles. The van der Waals surface area contributed by atoms with Crippen LogP contribution in [0.1, 0.15) is 30.0 Å². The van der Waals surface area contributed by atoms with E-state index in [1.54, 1.807) is 37.3 Å². The molecule has 1 heterocycles. The van der Waals surface area contributed by atoms with Crippen LogP contribution in [0.25, 0.3) is 0 Å². The van der Waals surface area contributed by atoms with Crippen molar-refractivity contribution >= 4 is 11.8 Å². The lowest BCUT2D eigenvalue weighted by atomic mass is 9.84. The molecule has 6 heteroatoms. The number of benzene rings is 2. The van der Waals surface area contributed by atoms with E-state index >= 15 is 0 Å². The molecule has 0 aromatic heterocycles. The lowest BCUT2D eigenvalue weighted by molar-refractivity contribution is -0.141. The topological polar surface area (TPSA) is 58.6 Å². The molecular formula is C21H23FN2O3. The number of nitrogens with zero attached hydrogens (tertiary/aromatic N) is 1. The van der Waals surface area contributed by atoms with Crippen molar-refractivity contribution in [1.29, 1.82) is 0 Å². The molecule has 1 N–H and O–H groups in total. The van der Waals surface area contributed by atoms with Gasteiger partial charge in [0.1, 0.15) is 11.6 Å². The van der Waals surface area contributed by atoms with E-state index in [0.29, 0.717) is 24.2 Å². The lowest BCUT2D eigenvalue weighted by Gasteiger charge is -2.38. The van der Waals surface area contributed by atoms with Gasteiger partial charge >= 0.3 is 0 Å². The molecule has 1 aliphatic rings. The molecule has 142 valence electrons. The second-order valence-corrected chi connectivity index (χ2v) is 6.68. The van der Waals surface area contributed by atoms with Gasteiger partial charge in [0.2, 0.25) is 11.8 Å². The van der Waals surface area contributed by atoms with E-state index in [1.807, 2.05) is 24.3 Å². The van der Waals surface area contributed by atoms with Crippen LogP contribution in [0.4, 0.5) is 4.39 Å². The number of halogens is 1. The molecule has 1 aliphatic heterocycles. The number of hydrogen-bond donors (Lipinski definition) is 1. The highest BCUT2D eigenvalue weighted by Crippen LogP contribution is 2.36. The SMILES string of the molecule is COc1ccc(C2C(C(=O)NCc3ccccc3F)CCC(=O)N2C)cc1. The molecule has 2 aromatic carbocycles. The number of likely N-dealkylation sites (tertiary alicyclic amines) is 1. The molecule has 0 radical (unpaired) electrons. The summed E-state index contributed by atoms with van der Waals surface area (Å²) in [5.74, 6) is -0.204. The van der Waals surface area contributed by atoms with Crippen molar-refractivity contribution in [2.45, 2.75) is 25.4 Å². The fraction of sp³-hybridized carbons (Fsp3) is 0.333. The normalized spacial score (nSPS) is 19.7. The number of carbonyl (C=O) groups is 2. The summed E-state index contributed by atoms with van der Waals surface area (Å²) in [6.45, 7) is 0.120. The van der Waals surface area contributed by atoms with Crippen LogP contribution >= 0.6 is 0 Å². The van der Waals surface area contributed by atoms with Gasteiger partial charge in [-0.2, -0.15) is 0 Å². The first-order valence-electron chi connectivity index (χ1n) is 8.92. The van der Waals surface area contributed by atoms with Crippen molar-refractivity contribution in [3.63, 3.8) is 0 Å². The predicted octanol–water partition coefficient (Wildman–Crippen LogP) is 3.06. The zero-order valence-electron chi connectivity index (χ0n) is 15.4. The van der Waals surface area contributed by atoms with Gasteiger partial charge in [-0.15, -0.1) is 0 Å². The van der Waals surface area contributed by atoms with Crippen LogP contribution in [-0.4, -0.2) is 30.9 Å². The van der Waals surface area contributed by atoms with E-state index in [-0.39, 0.29) is 30.2 Å². The second kappa shape index (κ2) is 8.20. The first-order chi connectivity index (χ1) is 13.0. The number of hydrogen-bond acceptors (Lipinski definition) is 3. The number of ether oxygens (including phenoxy) is 1. The van der Waals surface area contributed by atoms with Crippen molar-refractivity contribution in [3.8, 4) is 5.75 Å². The van der Waals surface area contributed by atoms with E-state index in [4.69, 9.17) is 4.74 Å². The van der Waals surface area contributed by atoms with Crippen molar-refractivity contribution in [1.82, 2.24) is 10.2 Å². The third kappa shape index (κ3) is 4.10. The van der Waals surface area contributed by atoms with Gasteiger partial charge in [0, 0.05) is 25.6 Å². The maximum absolute atomic E-state index is 13.8. The van der Waals surface area contributed by atoms with Gasteiger partial charge in [0.25, 0.3) is 0 Å². The molecule has 0 bridgehead atoms. The minimum atomic E-state index is -0.395. The first-order valence-corrected chi connectivity index (χ1v) is 8.92. The Bertz CT molecular complexity index is 822. The van der Waals surface area contributed by atoms with Crippen LogP contribution in [0.5, 0.6) is 5.75 Å². The molecule has 1 fully saturated rings. The van der Waals surface area contributed by atoms with Crippen LogP contribution in [0.15, 0.2) is 48.5 Å². The van der Waals surface area contributed by atoms with Crippen LogP contribution in [-0.2, 0) is 16.1 Å². The number of carbonyl (C=O) groups excluding carboxylic acids is 2. The maximum Gasteiger partial charge on any atom is 0.225 e. The van der Waals surface area contributed by atoms with E-state index in [1.165, 1.54) is 6.07 Å². The number of rotatable bonds is 5. The average Bonchev–Trinajstić information content (AvgIpc) is 2.69. The zero-order chi connectivity index (χ0) is 19.4. The molecule has 3 rings (SSSR count). The van der Waals surface area contributed by atoms with Crippen molar-refractivity contribution < 1.29 is 18.7 Å². The van der Waals surface area contributed by atoms with E-state index in [0.717, 1.165) is 5.56 Å². The molecule has 2 unspecified atom stereocenters. The van der Waals surface area contributed by atoms with Crippen molar-refractivity contribution in [2.24, 2.45) is 5.92 Å². The highest BCUT2D eigenvalue weighted by atomic mass is 19.1. The van der Waals surface area contributed by atoms with Gasteiger partial charge < -0.3 is 15.0 Å². The standard InChI is InChI=1S/C21H23FN2O3/c1-24-19(25)12-11-17(20(24)14-7-9-16(27-2)10-8-14)21(26)23-13-15-5-3-4-6-18(15)22/h3-10,17,20H,11-13H2,1-2H3,(H,23,26). The largest absolute Gasteiger partial charge is 0.497 e. The van der Waals surface area contributed by atoms with E-state index in [9.17, 15) is 14.0 Å². The van der Waals surface area contributed by atoms with Gasteiger partial charge in [-0.25, -0.2) is 4.39 Å². The molecule has 27 heavy (non-hydrogen) atoms. The van der Waals surface area contributed by atoms with Gasteiger partial charge in [-0.05, 0) is 30.2 Å². The molecular weight excluding hydrogens is 347 g/mol. The highest BCUT2D eigenvalue weighted by Gasteiger charge is 2.38. The number of piperidine rings is 1. The molecule has 2 amide bonds. The second-order valence-electron chi connectivity index (χ2n) is 6.68. The Balaban J connectivity index is 1.79. The third-order valence-electron chi connectivity index (χ3n) is 5.07. The molecule has 2 aromatic rings. The Hall–Kier alpha value is -2.89. The smallest absolute Gasteiger partial charge is 0.225 e. The fourth-order valence-corrected chi connectivity index (χ4v) is 3.52. The van der Waals surface area contributed by atoms with Crippen LogP contribution in [0.2, 0.25) is 0 Å². The van der Waals surface area contributed by atoms with Crippen LogP contribution in [0, 0.1) is 11.7 Å². The lowest BCUT2D eigenvalue weighted by Crippen LogP contribution is -2.46. The van der Waals surface area contributed by atoms with Gasteiger partial charge in [-0.3, -0.25) is 9.59 Å². The molecule has 5 nitrogen and oxygen atoms in total. The minimum Gasteiger partial charge on any atom is -0.497 e. The maximum atomic E-state index is 13.8. The van der Waals surface area contributed by atoms with Crippen LogP contribution < -0.4 is 10.1 Å². The summed E-state index contributed by atoms with van der Waals surface area (Å²) < 4.78 is 19.0. The summed E-state index contributed by atoms with van der Waals surface area (Å²) in [6, 6.07) is 13.4. The fourth-order valence-electron chi connectivity index (χ4n) is 3.52. The third-order valence-corrected chi connectivity index (χ3v) is 5.07. The Morgan fingerprint density at radius 2 is 1.93 bits per heavy atom. The molecule has 0 aliphatic carbocycles. The van der Waals surface area contributed by atoms with Crippen molar-refractivity contribution in [3.05, 3.63) is 65.5 Å². The summed E-state index contributed by atoms with van der Waals surface area (Å²) >= 11 is 0. The molecule has 0 saturated carbocycles. The monoisotopic (exact) mass is 370 g/mol. The summed E-state index contributed by atoms with van der Waals surface area (Å²) in [6.07, 6.45) is 0.782. The average molecular weight is 370 g/mol. The first kappa shape index (κ1) is 18.9. The molecule has 2 atom stereocenters. The van der Waals surface area contributed by atoms with Gasteiger partial charge in [0.05, 0.1) is 19.1 Å². The zero-order valence-corrected chi connectivity index (χ0v) is 15.4. The molecule has 0 spiro atoms. The Morgan fingerprint density at radius 3 is 2.59 bits per heavy atom. The minimum absolute atomic E-state index is 0.00831. The van der Waals surface area contributed by atoms with Crippen LogP contribution in [0.3, 0.4) is 0 Å². The number of nitrogens with one attached hydrogen (secondary N) is 1. The summed E-state index contributed by atoms with van der Waals surface area (Å²) in [5.41, 5.74) is 1.31. The van der Waals surface area contributed by atoms with Crippen molar-refractivity contribution in [2.75, 3.05) is 14.2 Å². The van der Waals surface area contributed by atoms with E-state index in [2.05, 4.69) is 5.32 Å². The predicted molar refractivity (Wildman–Crippen MR) is 99.5 cm³/mol. The Kier molecular flexibility index (Phi) is 5.74. The Morgan fingerprint density at radius 1 is 1.22 bits per heavy atom. The number of methoxy groups -OCH3 is 1. The number of amides is 2. The summed E-state index contributed by atoms with van der Waals surface area (Å²) in [5, 5.41) is 2.83.